The average molecular weight is 474 g/mol. The Hall–Kier alpha value is -1.71. The van der Waals surface area contributed by atoms with Gasteiger partial charge in [-0.25, -0.2) is 4.68 Å². The molecule has 7 nitrogen and oxygen atoms in total. The summed E-state index contributed by atoms with van der Waals surface area (Å²) in [6, 6.07) is 13.5. The molecular formula is C20H29Cl2N5O2S. The van der Waals surface area contributed by atoms with Crippen LogP contribution < -0.4 is 5.32 Å². The van der Waals surface area contributed by atoms with Gasteiger partial charge in [0.25, 0.3) is 0 Å². The van der Waals surface area contributed by atoms with E-state index in [1.807, 2.05) is 63.6 Å². The SMILES string of the molecule is CN(C)Cc1ccc(CSCCNc2nc(C(O)c3ccccc3)nn2C)o1.Cl.Cl. The molecule has 0 spiro atoms. The molecular weight excluding hydrogens is 445 g/mol. The van der Waals surface area contributed by atoms with E-state index in [0.29, 0.717) is 11.8 Å². The number of nitrogens with one attached hydrogen (secondary N) is 1. The number of rotatable bonds is 10. The number of aromatic nitrogens is 3. The quantitative estimate of drug-likeness (QED) is 0.434. The van der Waals surface area contributed by atoms with Crippen LogP contribution in [0.15, 0.2) is 46.9 Å². The smallest absolute Gasteiger partial charge is 0.221 e. The number of halogens is 2. The molecule has 3 aromatic rings. The monoisotopic (exact) mass is 473 g/mol. The zero-order valence-corrected chi connectivity index (χ0v) is 19.8. The lowest BCUT2D eigenvalue weighted by Crippen LogP contribution is -2.09. The van der Waals surface area contributed by atoms with Crippen molar-refractivity contribution in [2.24, 2.45) is 7.05 Å². The standard InChI is InChI=1S/C20H27N5O2S.2ClH/c1-24(2)13-16-9-10-17(27-16)14-28-12-11-21-20-22-19(23-25(20)3)18(26)15-7-5-4-6-8-15;;/h4-10,18,26H,11-14H2,1-3H3,(H,21,22,23);2*1H. The molecule has 2 heterocycles. The second-order valence-corrected chi connectivity index (χ2v) is 7.92. The van der Waals surface area contributed by atoms with Crippen LogP contribution in [0.25, 0.3) is 0 Å². The maximum Gasteiger partial charge on any atom is 0.221 e. The molecule has 0 aliphatic heterocycles. The van der Waals surface area contributed by atoms with Crippen molar-refractivity contribution in [2.45, 2.75) is 18.4 Å². The number of benzene rings is 1. The van der Waals surface area contributed by atoms with Crippen LogP contribution in [0.3, 0.4) is 0 Å². The van der Waals surface area contributed by atoms with Crippen molar-refractivity contribution in [3.05, 3.63) is 65.4 Å². The third-order valence-corrected chi connectivity index (χ3v) is 5.08. The predicted octanol–water partition coefficient (Wildman–Crippen LogP) is 3.74. The number of hydrogen-bond donors (Lipinski definition) is 2. The topological polar surface area (TPSA) is 79.4 Å². The van der Waals surface area contributed by atoms with Crippen LogP contribution in [0.1, 0.15) is 29.0 Å². The van der Waals surface area contributed by atoms with Crippen molar-refractivity contribution in [1.82, 2.24) is 19.7 Å². The van der Waals surface area contributed by atoms with Crippen molar-refractivity contribution in [2.75, 3.05) is 31.7 Å². The van der Waals surface area contributed by atoms with Gasteiger partial charge < -0.3 is 19.7 Å². The Bertz CT molecular complexity index is 873. The van der Waals surface area contributed by atoms with Gasteiger partial charge in [-0.2, -0.15) is 21.8 Å². The fraction of sp³-hybridized carbons (Fsp3) is 0.400. The lowest BCUT2D eigenvalue weighted by Gasteiger charge is -2.06. The highest BCUT2D eigenvalue weighted by Crippen LogP contribution is 2.20. The van der Waals surface area contributed by atoms with Gasteiger partial charge in [0.2, 0.25) is 5.95 Å². The van der Waals surface area contributed by atoms with E-state index in [9.17, 15) is 5.11 Å². The minimum atomic E-state index is -0.826. The van der Waals surface area contributed by atoms with Gasteiger partial charge >= 0.3 is 0 Å². The average Bonchev–Trinajstić information content (AvgIpc) is 3.27. The predicted molar refractivity (Wildman–Crippen MR) is 127 cm³/mol. The Kier molecular flexibility index (Phi) is 11.3. The van der Waals surface area contributed by atoms with E-state index >= 15 is 0 Å². The molecule has 0 fully saturated rings. The summed E-state index contributed by atoms with van der Waals surface area (Å²) in [6.45, 7) is 1.57. The molecule has 166 valence electrons. The highest BCUT2D eigenvalue weighted by atomic mass is 35.5. The Morgan fingerprint density at radius 3 is 2.53 bits per heavy atom. The highest BCUT2D eigenvalue weighted by Gasteiger charge is 2.17. The van der Waals surface area contributed by atoms with E-state index in [-0.39, 0.29) is 24.8 Å². The third-order valence-electron chi connectivity index (χ3n) is 4.10. The summed E-state index contributed by atoms with van der Waals surface area (Å²) in [7, 11) is 5.87. The Morgan fingerprint density at radius 1 is 1.13 bits per heavy atom. The molecule has 0 bridgehead atoms. The molecule has 2 N–H and O–H groups in total. The van der Waals surface area contributed by atoms with Gasteiger partial charge in [-0.1, -0.05) is 30.3 Å². The zero-order chi connectivity index (χ0) is 19.9. The molecule has 0 aliphatic carbocycles. The lowest BCUT2D eigenvalue weighted by molar-refractivity contribution is 0.209. The Morgan fingerprint density at radius 2 is 1.83 bits per heavy atom. The molecule has 0 aliphatic rings. The normalized spacial score (nSPS) is 11.6. The van der Waals surface area contributed by atoms with Gasteiger partial charge in [-0.05, 0) is 31.8 Å². The minimum absolute atomic E-state index is 0. The van der Waals surface area contributed by atoms with E-state index in [2.05, 4.69) is 20.3 Å². The van der Waals surface area contributed by atoms with Crippen LogP contribution in [-0.4, -0.2) is 51.2 Å². The summed E-state index contributed by atoms with van der Waals surface area (Å²) in [6.07, 6.45) is -0.826. The highest BCUT2D eigenvalue weighted by molar-refractivity contribution is 7.98. The summed E-state index contributed by atoms with van der Waals surface area (Å²) >= 11 is 1.80. The van der Waals surface area contributed by atoms with E-state index in [0.717, 1.165) is 41.7 Å². The number of aliphatic hydroxyl groups excluding tert-OH is 1. The Balaban J connectivity index is 0.00000225. The first-order valence-electron chi connectivity index (χ1n) is 9.21. The van der Waals surface area contributed by atoms with Crippen LogP contribution in [0, 0.1) is 0 Å². The molecule has 1 aromatic carbocycles. The van der Waals surface area contributed by atoms with Crippen molar-refractivity contribution < 1.29 is 9.52 Å². The number of furan rings is 1. The van der Waals surface area contributed by atoms with Crippen molar-refractivity contribution in [1.29, 1.82) is 0 Å². The molecule has 0 saturated heterocycles. The fourth-order valence-corrected chi connectivity index (χ4v) is 3.51. The number of aliphatic hydroxyl groups is 1. The fourth-order valence-electron chi connectivity index (χ4n) is 2.76. The van der Waals surface area contributed by atoms with E-state index in [1.54, 1.807) is 16.4 Å². The summed E-state index contributed by atoms with van der Waals surface area (Å²) < 4.78 is 7.47. The van der Waals surface area contributed by atoms with E-state index < -0.39 is 6.10 Å². The van der Waals surface area contributed by atoms with Crippen molar-refractivity contribution >= 4 is 42.5 Å². The second kappa shape index (κ2) is 12.9. The summed E-state index contributed by atoms with van der Waals surface area (Å²) in [5.41, 5.74) is 0.780. The molecule has 2 aromatic heterocycles. The molecule has 0 amide bonds. The van der Waals surface area contributed by atoms with Gasteiger partial charge in [-0.3, -0.25) is 0 Å². The molecule has 1 unspecified atom stereocenters. The molecule has 3 rings (SSSR count). The van der Waals surface area contributed by atoms with Crippen molar-refractivity contribution in [3.8, 4) is 0 Å². The van der Waals surface area contributed by atoms with Gasteiger partial charge in [0, 0.05) is 19.3 Å². The van der Waals surface area contributed by atoms with Crippen molar-refractivity contribution in [3.63, 3.8) is 0 Å². The van der Waals surface area contributed by atoms with Gasteiger partial charge in [0.15, 0.2) is 5.82 Å². The van der Waals surface area contributed by atoms with Gasteiger partial charge in [-0.15, -0.1) is 24.8 Å². The lowest BCUT2D eigenvalue weighted by atomic mass is 10.1. The summed E-state index contributed by atoms with van der Waals surface area (Å²) in [4.78, 5) is 6.52. The number of aryl methyl sites for hydroxylation is 1. The first-order valence-corrected chi connectivity index (χ1v) is 10.4. The van der Waals surface area contributed by atoms with Gasteiger partial charge in [0.05, 0.1) is 12.3 Å². The Labute approximate surface area is 194 Å². The maximum absolute atomic E-state index is 10.4. The van der Waals surface area contributed by atoms with E-state index in [4.69, 9.17) is 4.42 Å². The molecule has 0 radical (unpaired) electrons. The van der Waals surface area contributed by atoms with Crippen LogP contribution in [-0.2, 0) is 19.3 Å². The summed E-state index contributed by atoms with van der Waals surface area (Å²) in [5.74, 6) is 4.78. The minimum Gasteiger partial charge on any atom is -0.464 e. The van der Waals surface area contributed by atoms with Crippen LogP contribution in [0.4, 0.5) is 5.95 Å². The van der Waals surface area contributed by atoms with E-state index in [1.165, 1.54) is 0 Å². The number of hydrogen-bond acceptors (Lipinski definition) is 7. The number of thioether (sulfide) groups is 1. The maximum atomic E-state index is 10.4. The molecule has 0 saturated carbocycles. The second-order valence-electron chi connectivity index (χ2n) is 6.82. The third kappa shape index (κ3) is 7.52. The molecule has 1 atom stereocenters. The summed E-state index contributed by atoms with van der Waals surface area (Å²) in [5, 5.41) is 18.0. The molecule has 30 heavy (non-hydrogen) atoms. The van der Waals surface area contributed by atoms with Crippen LogP contribution in [0.2, 0.25) is 0 Å². The first kappa shape index (κ1) is 26.3. The van der Waals surface area contributed by atoms with Gasteiger partial charge in [0.1, 0.15) is 17.6 Å². The zero-order valence-electron chi connectivity index (χ0n) is 17.3. The first-order chi connectivity index (χ1) is 13.5. The molecule has 10 heteroatoms. The number of anilines is 1. The number of nitrogens with zero attached hydrogens (tertiary/aromatic N) is 4. The largest absolute Gasteiger partial charge is 0.464 e. The van der Waals surface area contributed by atoms with Crippen LogP contribution >= 0.6 is 36.6 Å². The van der Waals surface area contributed by atoms with Crippen LogP contribution in [0.5, 0.6) is 0 Å².